The number of hydrogen-bond donors (Lipinski definition) is 3. The Morgan fingerprint density at radius 2 is 1.56 bits per heavy atom. The summed E-state index contributed by atoms with van der Waals surface area (Å²) < 4.78 is 56.3. The lowest BCUT2D eigenvalue weighted by atomic mass is 10.1. The molecule has 11 heteroatoms. The molecule has 164 valence electrons. The molecule has 0 atom stereocenters. The van der Waals surface area contributed by atoms with E-state index in [1.54, 1.807) is 12.1 Å². The van der Waals surface area contributed by atoms with Crippen molar-refractivity contribution in [1.29, 1.82) is 0 Å². The van der Waals surface area contributed by atoms with Crippen molar-refractivity contribution in [2.75, 3.05) is 0 Å². The van der Waals surface area contributed by atoms with Gasteiger partial charge < -0.3 is 9.52 Å². The van der Waals surface area contributed by atoms with E-state index in [4.69, 9.17) is 9.56 Å². The number of sulfonamides is 2. The van der Waals surface area contributed by atoms with Gasteiger partial charge in [-0.1, -0.05) is 30.3 Å². The number of phenolic OH excluding ortho intramolecular Hbond substituents is 1. The molecular formula is C21H16N2O7S2. The van der Waals surface area contributed by atoms with E-state index in [1.807, 2.05) is 35.1 Å². The summed E-state index contributed by atoms with van der Waals surface area (Å²) in [6.45, 7) is 0. The number of nitrogens with one attached hydrogen (secondary N) is 1. The smallest absolute Gasteiger partial charge is 0.265 e. The fraction of sp³-hybridized carbons (Fsp3) is 0. The number of para-hydroxylation sites is 1. The number of phenols is 1. The zero-order valence-corrected chi connectivity index (χ0v) is 17.9. The van der Waals surface area contributed by atoms with E-state index in [0.29, 0.717) is 23.0 Å². The number of carbonyl (C=O) groups excluding carboxylic acids is 1. The average Bonchev–Trinajstić information content (AvgIpc) is 3.17. The lowest BCUT2D eigenvalue weighted by Crippen LogP contribution is -2.32. The topological polar surface area (TPSA) is 157 Å². The van der Waals surface area contributed by atoms with Gasteiger partial charge in [-0.2, -0.15) is 0 Å². The molecule has 4 N–H and O–H groups in total. The number of rotatable bonds is 5. The van der Waals surface area contributed by atoms with Crippen molar-refractivity contribution in [3.05, 3.63) is 78.4 Å². The first kappa shape index (κ1) is 21.6. The highest BCUT2D eigenvalue weighted by molar-refractivity contribution is 7.92. The molecule has 9 nitrogen and oxygen atoms in total. The Bertz CT molecular complexity index is 1520. The van der Waals surface area contributed by atoms with Crippen LogP contribution in [0.2, 0.25) is 0 Å². The molecule has 1 aromatic heterocycles. The first-order valence-corrected chi connectivity index (χ1v) is 12.1. The fourth-order valence-corrected chi connectivity index (χ4v) is 5.44. The van der Waals surface area contributed by atoms with Gasteiger partial charge in [0.15, 0.2) is 0 Å². The highest BCUT2D eigenvalue weighted by Crippen LogP contribution is 2.28. The molecule has 1 amide bonds. The number of hydrogen-bond acceptors (Lipinski definition) is 7. The monoisotopic (exact) mass is 472 g/mol. The quantitative estimate of drug-likeness (QED) is 0.403. The van der Waals surface area contributed by atoms with Gasteiger partial charge in [0.05, 0.1) is 0 Å². The molecule has 0 saturated carbocycles. The fourth-order valence-electron chi connectivity index (χ4n) is 3.09. The van der Waals surface area contributed by atoms with Crippen LogP contribution in [0.15, 0.2) is 87.0 Å². The Labute approximate surface area is 183 Å². The highest BCUT2D eigenvalue weighted by Gasteiger charge is 2.27. The molecule has 0 aliphatic rings. The first-order valence-electron chi connectivity index (χ1n) is 9.06. The van der Waals surface area contributed by atoms with Crippen molar-refractivity contribution >= 4 is 36.9 Å². The SMILES string of the molecule is NS(=O)(=O)c1cc(O)ccc1S(=O)(=O)NC(=O)c1ccc(-c2cc3ccccc3o2)cc1. The van der Waals surface area contributed by atoms with Crippen LogP contribution in [0.5, 0.6) is 5.75 Å². The summed E-state index contributed by atoms with van der Waals surface area (Å²) in [7, 11) is -9.09. The van der Waals surface area contributed by atoms with Crippen molar-refractivity contribution in [1.82, 2.24) is 4.72 Å². The Hall–Kier alpha value is -3.67. The summed E-state index contributed by atoms with van der Waals surface area (Å²) in [6.07, 6.45) is 0. The van der Waals surface area contributed by atoms with Crippen molar-refractivity contribution < 1.29 is 31.2 Å². The van der Waals surface area contributed by atoms with Crippen LogP contribution in [0.1, 0.15) is 10.4 Å². The maximum Gasteiger partial charge on any atom is 0.265 e. The molecule has 0 radical (unpaired) electrons. The van der Waals surface area contributed by atoms with Gasteiger partial charge in [-0.15, -0.1) is 0 Å². The summed E-state index contributed by atoms with van der Waals surface area (Å²) >= 11 is 0. The third-order valence-corrected chi connectivity index (χ3v) is 7.08. The zero-order chi connectivity index (χ0) is 23.1. The lowest BCUT2D eigenvalue weighted by Gasteiger charge is -2.11. The number of nitrogens with two attached hydrogens (primary N) is 1. The number of amides is 1. The molecule has 32 heavy (non-hydrogen) atoms. The van der Waals surface area contributed by atoms with Gasteiger partial charge in [-0.3, -0.25) is 4.79 Å². The van der Waals surface area contributed by atoms with Crippen LogP contribution >= 0.6 is 0 Å². The predicted octanol–water partition coefficient (Wildman–Crippen LogP) is 2.57. The largest absolute Gasteiger partial charge is 0.508 e. The maximum absolute atomic E-state index is 12.6. The van der Waals surface area contributed by atoms with Crippen molar-refractivity contribution in [2.24, 2.45) is 5.14 Å². The second-order valence-electron chi connectivity index (χ2n) is 6.84. The Balaban J connectivity index is 1.60. The van der Waals surface area contributed by atoms with Crippen LogP contribution < -0.4 is 9.86 Å². The molecule has 4 aromatic rings. The van der Waals surface area contributed by atoms with E-state index in [2.05, 4.69) is 0 Å². The Morgan fingerprint density at radius 3 is 2.22 bits per heavy atom. The van der Waals surface area contributed by atoms with Crippen LogP contribution in [-0.2, 0) is 20.0 Å². The number of primary sulfonamides is 1. The van der Waals surface area contributed by atoms with E-state index in [-0.39, 0.29) is 5.56 Å². The number of furan rings is 1. The zero-order valence-electron chi connectivity index (χ0n) is 16.2. The maximum atomic E-state index is 12.6. The number of aromatic hydroxyl groups is 1. The molecule has 0 unspecified atom stereocenters. The molecule has 4 rings (SSSR count). The van der Waals surface area contributed by atoms with Crippen LogP contribution in [0, 0.1) is 0 Å². The number of carbonyl (C=O) groups is 1. The molecule has 0 fully saturated rings. The minimum absolute atomic E-state index is 0.0179. The third-order valence-electron chi connectivity index (χ3n) is 4.61. The van der Waals surface area contributed by atoms with Crippen LogP contribution in [0.4, 0.5) is 0 Å². The molecular weight excluding hydrogens is 456 g/mol. The first-order chi connectivity index (χ1) is 15.0. The molecule has 0 spiro atoms. The van der Waals surface area contributed by atoms with Crippen LogP contribution in [0.25, 0.3) is 22.3 Å². The lowest BCUT2D eigenvalue weighted by molar-refractivity contribution is 0.0981. The van der Waals surface area contributed by atoms with Gasteiger partial charge in [0.2, 0.25) is 10.0 Å². The molecule has 0 aliphatic carbocycles. The molecule has 0 saturated heterocycles. The van der Waals surface area contributed by atoms with E-state index in [1.165, 1.54) is 12.1 Å². The highest BCUT2D eigenvalue weighted by atomic mass is 32.2. The van der Waals surface area contributed by atoms with Gasteiger partial charge in [0, 0.05) is 22.6 Å². The van der Waals surface area contributed by atoms with Gasteiger partial charge in [-0.05, 0) is 36.4 Å². The second-order valence-corrected chi connectivity index (χ2v) is 10.0. The van der Waals surface area contributed by atoms with E-state index >= 15 is 0 Å². The minimum atomic E-state index is -4.61. The summed E-state index contributed by atoms with van der Waals surface area (Å²) in [5, 5.41) is 15.4. The summed E-state index contributed by atoms with van der Waals surface area (Å²) in [5.74, 6) is -0.900. The van der Waals surface area contributed by atoms with Crippen molar-refractivity contribution in [2.45, 2.75) is 9.79 Å². The van der Waals surface area contributed by atoms with E-state index in [0.717, 1.165) is 17.5 Å². The second kappa shape index (κ2) is 7.79. The Kier molecular flexibility index (Phi) is 5.25. The standard InChI is InChI=1S/C21H16N2O7S2/c22-31(26,27)20-12-16(24)9-10-19(20)32(28,29)23-21(25)14-7-5-13(6-8-14)18-11-15-3-1-2-4-17(15)30-18/h1-12,24H,(H,23,25)(H2,22,26,27). The van der Waals surface area contributed by atoms with Gasteiger partial charge in [0.1, 0.15) is 26.9 Å². The van der Waals surface area contributed by atoms with Crippen molar-refractivity contribution in [3.63, 3.8) is 0 Å². The van der Waals surface area contributed by atoms with Gasteiger partial charge in [-0.25, -0.2) is 26.7 Å². The van der Waals surface area contributed by atoms with Gasteiger partial charge in [0.25, 0.3) is 15.9 Å². The average molecular weight is 473 g/mol. The Morgan fingerprint density at radius 1 is 0.875 bits per heavy atom. The predicted molar refractivity (Wildman–Crippen MR) is 116 cm³/mol. The van der Waals surface area contributed by atoms with Gasteiger partial charge >= 0.3 is 0 Å². The summed E-state index contributed by atoms with van der Waals surface area (Å²) in [6, 6.07) is 17.8. The molecule has 0 bridgehead atoms. The van der Waals surface area contributed by atoms with Crippen LogP contribution in [0.3, 0.4) is 0 Å². The van der Waals surface area contributed by atoms with E-state index in [9.17, 15) is 26.7 Å². The minimum Gasteiger partial charge on any atom is -0.508 e. The summed E-state index contributed by atoms with van der Waals surface area (Å²) in [4.78, 5) is 10.9. The molecule has 1 heterocycles. The van der Waals surface area contributed by atoms with E-state index < -0.39 is 41.5 Å². The normalized spacial score (nSPS) is 12.0. The molecule has 3 aromatic carbocycles. The number of fused-ring (bicyclic) bond motifs is 1. The van der Waals surface area contributed by atoms with Crippen LogP contribution in [-0.4, -0.2) is 27.8 Å². The number of benzene rings is 3. The van der Waals surface area contributed by atoms with Crippen molar-refractivity contribution in [3.8, 4) is 17.1 Å². The third kappa shape index (κ3) is 4.21. The molecule has 0 aliphatic heterocycles. The summed E-state index contributed by atoms with van der Waals surface area (Å²) in [5.41, 5.74) is 1.40.